The average Bonchev–Trinajstić information content (AvgIpc) is 2.87. The van der Waals surface area contributed by atoms with Gasteiger partial charge in [0.2, 0.25) is 5.91 Å². The van der Waals surface area contributed by atoms with Crippen molar-refractivity contribution >= 4 is 60.8 Å². The van der Waals surface area contributed by atoms with E-state index in [2.05, 4.69) is 37.2 Å². The first-order valence-corrected chi connectivity index (χ1v) is 9.76. The molecule has 0 saturated heterocycles. The Labute approximate surface area is 161 Å². The fourth-order valence-corrected chi connectivity index (χ4v) is 4.06. The molecule has 0 aliphatic carbocycles. The van der Waals surface area contributed by atoms with E-state index in [1.165, 1.54) is 11.3 Å². The molecule has 2 aromatic rings. The number of hydrogen-bond donors (Lipinski definition) is 1. The summed E-state index contributed by atoms with van der Waals surface area (Å²) in [4.78, 5) is 24.4. The van der Waals surface area contributed by atoms with E-state index in [1.807, 2.05) is 32.0 Å². The largest absolute Gasteiger partial charge is 0.461 e. The molecule has 0 aliphatic rings. The molecule has 1 N–H and O–H groups in total. The van der Waals surface area contributed by atoms with Crippen molar-refractivity contribution in [2.75, 3.05) is 11.9 Å². The summed E-state index contributed by atoms with van der Waals surface area (Å²) in [7, 11) is 0. The summed E-state index contributed by atoms with van der Waals surface area (Å²) in [6.07, 6.45) is 0.787. The molecule has 0 fully saturated rings. The van der Waals surface area contributed by atoms with Crippen LogP contribution in [-0.2, 0) is 9.53 Å². The summed E-state index contributed by atoms with van der Waals surface area (Å²) in [5.74, 6) is -0.452. The fraction of sp³-hybridized carbons (Fsp3) is 0.294. The van der Waals surface area contributed by atoms with Crippen LogP contribution in [0.1, 0.15) is 33.6 Å². The van der Waals surface area contributed by atoms with Gasteiger partial charge in [-0.1, -0.05) is 18.2 Å². The summed E-state index contributed by atoms with van der Waals surface area (Å²) in [6, 6.07) is 7.59. The number of benzene rings is 1. The Morgan fingerprint density at radius 2 is 1.88 bits per heavy atom. The van der Waals surface area contributed by atoms with Crippen molar-refractivity contribution in [1.82, 2.24) is 0 Å². The number of carbonyl (C=O) groups excluding carboxylic acids is 2. The molecule has 0 saturated carbocycles. The van der Waals surface area contributed by atoms with Gasteiger partial charge in [-0.05, 0) is 69.3 Å². The molecule has 0 spiro atoms. The third-order valence-electron chi connectivity index (χ3n) is 3.37. The van der Waals surface area contributed by atoms with Crippen molar-refractivity contribution in [1.29, 1.82) is 0 Å². The van der Waals surface area contributed by atoms with E-state index in [0.29, 0.717) is 17.7 Å². The van der Waals surface area contributed by atoms with Gasteiger partial charge in [-0.3, -0.25) is 4.79 Å². The Bertz CT molecular complexity index is 719. The number of para-hydroxylation sites is 1. The zero-order valence-corrected chi connectivity index (χ0v) is 17.3. The van der Waals surface area contributed by atoms with Crippen LogP contribution >= 0.6 is 43.2 Å². The summed E-state index contributed by atoms with van der Waals surface area (Å²) in [6.45, 7) is 4.13. The number of halogens is 2. The molecule has 7 heteroatoms. The minimum Gasteiger partial charge on any atom is -0.461 e. The maximum absolute atomic E-state index is 12.0. The number of thiophene rings is 1. The highest BCUT2D eigenvalue weighted by molar-refractivity contribution is 9.13. The molecule has 128 valence electrons. The number of anilines is 1. The second-order valence-corrected chi connectivity index (χ2v) is 8.51. The van der Waals surface area contributed by atoms with Crippen LogP contribution in [0.2, 0.25) is 0 Å². The van der Waals surface area contributed by atoms with E-state index in [9.17, 15) is 9.59 Å². The molecule has 4 nitrogen and oxygen atoms in total. The predicted octanol–water partition coefficient (Wildman–Crippen LogP) is 5.47. The lowest BCUT2D eigenvalue weighted by atomic mass is 10.1. The highest BCUT2D eigenvalue weighted by Gasteiger charge is 2.13. The number of amides is 1. The van der Waals surface area contributed by atoms with E-state index in [4.69, 9.17) is 4.74 Å². The van der Waals surface area contributed by atoms with Gasteiger partial charge in [0.25, 0.3) is 0 Å². The van der Waals surface area contributed by atoms with Crippen LogP contribution in [0.4, 0.5) is 5.69 Å². The number of rotatable bonds is 6. The Hall–Kier alpha value is -1.18. The number of ether oxygens (including phenoxy) is 1. The van der Waals surface area contributed by atoms with Crippen LogP contribution < -0.4 is 5.32 Å². The molecule has 0 unspecified atom stereocenters. The maximum atomic E-state index is 12.0. The predicted molar refractivity (Wildman–Crippen MR) is 104 cm³/mol. The molecule has 1 heterocycles. The van der Waals surface area contributed by atoms with Gasteiger partial charge in [0, 0.05) is 16.6 Å². The summed E-state index contributed by atoms with van der Waals surface area (Å²) < 4.78 is 6.87. The van der Waals surface area contributed by atoms with Crippen molar-refractivity contribution in [2.24, 2.45) is 0 Å². The lowest BCUT2D eigenvalue weighted by molar-refractivity contribution is -0.116. The molecule has 0 radical (unpaired) electrons. The maximum Gasteiger partial charge on any atom is 0.348 e. The highest BCUT2D eigenvalue weighted by Crippen LogP contribution is 2.32. The minimum absolute atomic E-state index is 0.0786. The first-order valence-electron chi connectivity index (χ1n) is 7.36. The lowest BCUT2D eigenvalue weighted by Gasteiger charge is -2.11. The molecule has 0 bridgehead atoms. The first kappa shape index (κ1) is 19.1. The van der Waals surface area contributed by atoms with Gasteiger partial charge >= 0.3 is 5.97 Å². The normalized spacial score (nSPS) is 10.5. The minimum atomic E-state index is -0.374. The first-order chi connectivity index (χ1) is 11.4. The number of esters is 1. The fourth-order valence-electron chi connectivity index (χ4n) is 2.13. The molecule has 24 heavy (non-hydrogen) atoms. The lowest BCUT2D eigenvalue weighted by Crippen LogP contribution is -2.14. The van der Waals surface area contributed by atoms with E-state index < -0.39 is 0 Å². The third-order valence-corrected chi connectivity index (χ3v) is 6.61. The summed E-state index contributed by atoms with van der Waals surface area (Å²) in [5, 5.41) is 2.92. The SMILES string of the molecule is Cc1cccc(C)c1NC(=O)CCCOC(=O)c1cc(Br)c(Br)s1. The number of carbonyl (C=O) groups is 2. The van der Waals surface area contributed by atoms with Gasteiger partial charge < -0.3 is 10.1 Å². The van der Waals surface area contributed by atoms with Crippen LogP contribution in [-0.4, -0.2) is 18.5 Å². The summed E-state index contributed by atoms with van der Waals surface area (Å²) >= 11 is 7.98. The van der Waals surface area contributed by atoms with Crippen molar-refractivity contribution in [2.45, 2.75) is 26.7 Å². The topological polar surface area (TPSA) is 55.4 Å². The standard InChI is InChI=1S/C17H17Br2NO3S/c1-10-5-3-6-11(2)15(10)20-14(21)7-4-8-23-17(22)13-9-12(18)16(19)24-13/h3,5-6,9H,4,7-8H2,1-2H3,(H,20,21). The molecule has 1 amide bonds. The smallest absolute Gasteiger partial charge is 0.348 e. The number of aryl methyl sites for hydroxylation is 2. The molecular formula is C17H17Br2NO3S. The van der Waals surface area contributed by atoms with E-state index in [0.717, 1.165) is 25.1 Å². The number of hydrogen-bond acceptors (Lipinski definition) is 4. The van der Waals surface area contributed by atoms with Gasteiger partial charge in [0.15, 0.2) is 0 Å². The highest BCUT2D eigenvalue weighted by atomic mass is 79.9. The van der Waals surface area contributed by atoms with Crippen LogP contribution in [0.15, 0.2) is 32.5 Å². The molecule has 1 aromatic carbocycles. The van der Waals surface area contributed by atoms with Crippen molar-refractivity contribution in [3.63, 3.8) is 0 Å². The Morgan fingerprint density at radius 3 is 2.46 bits per heavy atom. The molecular weight excluding hydrogens is 458 g/mol. The van der Waals surface area contributed by atoms with Crippen LogP contribution in [0.25, 0.3) is 0 Å². The van der Waals surface area contributed by atoms with Crippen molar-refractivity contribution in [3.05, 3.63) is 48.5 Å². The second-order valence-electron chi connectivity index (χ2n) is 5.29. The van der Waals surface area contributed by atoms with Crippen molar-refractivity contribution in [3.8, 4) is 0 Å². The van der Waals surface area contributed by atoms with Gasteiger partial charge in [-0.25, -0.2) is 4.79 Å². The van der Waals surface area contributed by atoms with Crippen LogP contribution in [0, 0.1) is 13.8 Å². The number of nitrogens with one attached hydrogen (secondary N) is 1. The van der Waals surface area contributed by atoms with E-state index in [-0.39, 0.29) is 18.5 Å². The second kappa shape index (κ2) is 8.78. The van der Waals surface area contributed by atoms with Crippen molar-refractivity contribution < 1.29 is 14.3 Å². The van der Waals surface area contributed by atoms with Crippen LogP contribution in [0.3, 0.4) is 0 Å². The third kappa shape index (κ3) is 5.16. The van der Waals surface area contributed by atoms with Gasteiger partial charge in [0.05, 0.1) is 10.4 Å². The average molecular weight is 475 g/mol. The zero-order valence-electron chi connectivity index (χ0n) is 13.3. The Balaban J connectivity index is 1.76. The van der Waals surface area contributed by atoms with Gasteiger partial charge in [-0.15, -0.1) is 11.3 Å². The van der Waals surface area contributed by atoms with Crippen LogP contribution in [0.5, 0.6) is 0 Å². The quantitative estimate of drug-likeness (QED) is 0.446. The molecule has 0 aliphatic heterocycles. The zero-order chi connectivity index (χ0) is 17.7. The van der Waals surface area contributed by atoms with E-state index >= 15 is 0 Å². The molecule has 1 aromatic heterocycles. The van der Waals surface area contributed by atoms with E-state index in [1.54, 1.807) is 6.07 Å². The van der Waals surface area contributed by atoms with Gasteiger partial charge in [0.1, 0.15) is 4.88 Å². The Morgan fingerprint density at radius 1 is 1.21 bits per heavy atom. The molecule has 0 atom stereocenters. The molecule has 2 rings (SSSR count). The Kier molecular flexibility index (Phi) is 7.01. The van der Waals surface area contributed by atoms with Gasteiger partial charge in [-0.2, -0.15) is 0 Å². The summed E-state index contributed by atoms with van der Waals surface area (Å²) in [5.41, 5.74) is 2.92. The monoisotopic (exact) mass is 473 g/mol.